The molecule has 0 aliphatic heterocycles. The predicted octanol–water partition coefficient (Wildman–Crippen LogP) is 14.5. The van der Waals surface area contributed by atoms with Crippen molar-refractivity contribution in [3.8, 4) is 0 Å². The molecule has 5 nitrogen and oxygen atoms in total. The number of carbonyl (C=O) groups is 2. The maximum Gasteiger partial charge on any atom is 0.305 e. The minimum atomic E-state index is -0.982. The van der Waals surface area contributed by atoms with Crippen LogP contribution in [0.25, 0.3) is 0 Å². The van der Waals surface area contributed by atoms with Crippen LogP contribution in [0.3, 0.4) is 0 Å². The van der Waals surface area contributed by atoms with Gasteiger partial charge in [-0.25, -0.2) is 0 Å². The number of ether oxygens (including phenoxy) is 2. The zero-order chi connectivity index (χ0) is 39.3. The number of rotatable bonds is 40. The topological polar surface area (TPSA) is 72.8 Å². The average Bonchev–Trinajstić information content (AvgIpc) is 3.17. The van der Waals surface area contributed by atoms with Crippen LogP contribution in [0.15, 0.2) is 72.9 Å². The van der Waals surface area contributed by atoms with Crippen LogP contribution < -0.4 is 0 Å². The Labute approximate surface area is 333 Å². The molecule has 0 rings (SSSR count). The van der Waals surface area contributed by atoms with Gasteiger partial charge in [-0.15, -0.1) is 0 Å². The number of allylic oxidation sites excluding steroid dienone is 12. The lowest BCUT2D eigenvalue weighted by molar-refractivity contribution is -0.152. The van der Waals surface area contributed by atoms with E-state index in [1.165, 1.54) is 103 Å². The van der Waals surface area contributed by atoms with E-state index in [9.17, 15) is 14.7 Å². The van der Waals surface area contributed by atoms with Crippen LogP contribution in [0.5, 0.6) is 0 Å². The van der Waals surface area contributed by atoms with E-state index in [0.29, 0.717) is 12.8 Å². The van der Waals surface area contributed by atoms with Crippen LogP contribution in [0.4, 0.5) is 0 Å². The van der Waals surface area contributed by atoms with Crippen molar-refractivity contribution >= 4 is 11.9 Å². The van der Waals surface area contributed by atoms with Gasteiger partial charge in [-0.3, -0.25) is 9.59 Å². The Morgan fingerprint density at radius 2 is 0.704 bits per heavy atom. The smallest absolute Gasteiger partial charge is 0.305 e. The summed E-state index contributed by atoms with van der Waals surface area (Å²) in [4.78, 5) is 24.0. The second-order valence-electron chi connectivity index (χ2n) is 14.8. The highest BCUT2D eigenvalue weighted by Gasteiger charge is 2.12. The standard InChI is InChI=1S/C49H84O5/c1-3-5-7-9-11-13-15-17-19-21-23-24-26-28-30-32-34-36-38-40-42-44-49(52)54-46-47(50)45-53-48(51)43-41-39-37-35-33-31-29-27-25-22-20-18-16-14-12-10-8-6-4-2/h6,8,12,14,17-20,25,27,31,33,47,50H,3-5,7,9-11,13,15-16,21-24,26,28-30,32,34-46H2,1-2H3/b8-6-,14-12-,19-17-,20-18-,27-25-,33-31-/t47-/m0/s1. The highest BCUT2D eigenvalue weighted by Crippen LogP contribution is 2.14. The van der Waals surface area contributed by atoms with E-state index in [1.807, 2.05) is 0 Å². The number of esters is 2. The van der Waals surface area contributed by atoms with Gasteiger partial charge in [-0.1, -0.05) is 183 Å². The minimum Gasteiger partial charge on any atom is -0.463 e. The van der Waals surface area contributed by atoms with E-state index in [4.69, 9.17) is 9.47 Å². The molecule has 0 aliphatic carbocycles. The number of unbranched alkanes of at least 4 members (excludes halogenated alkanes) is 20. The first-order chi connectivity index (χ1) is 26.6. The fraction of sp³-hybridized carbons (Fsp3) is 0.714. The van der Waals surface area contributed by atoms with Gasteiger partial charge in [0.05, 0.1) is 0 Å². The molecule has 0 aromatic carbocycles. The third kappa shape index (κ3) is 43.7. The van der Waals surface area contributed by atoms with E-state index in [1.54, 1.807) is 0 Å². The second kappa shape index (κ2) is 44.7. The van der Waals surface area contributed by atoms with Crippen molar-refractivity contribution in [3.05, 3.63) is 72.9 Å². The van der Waals surface area contributed by atoms with Crippen molar-refractivity contribution in [2.75, 3.05) is 13.2 Å². The van der Waals surface area contributed by atoms with Crippen molar-refractivity contribution < 1.29 is 24.2 Å². The molecule has 0 radical (unpaired) electrons. The Kier molecular flexibility index (Phi) is 42.5. The third-order valence-corrected chi connectivity index (χ3v) is 9.43. The Hall–Kier alpha value is -2.66. The number of hydrogen-bond donors (Lipinski definition) is 1. The van der Waals surface area contributed by atoms with Crippen LogP contribution in [0, 0.1) is 0 Å². The zero-order valence-electron chi connectivity index (χ0n) is 35.2. The summed E-state index contributed by atoms with van der Waals surface area (Å²) in [7, 11) is 0. The lowest BCUT2D eigenvalue weighted by Crippen LogP contribution is -2.25. The molecule has 1 N–H and O–H groups in total. The predicted molar refractivity (Wildman–Crippen MR) is 233 cm³/mol. The first-order valence-electron chi connectivity index (χ1n) is 22.5. The summed E-state index contributed by atoms with van der Waals surface area (Å²) >= 11 is 0. The van der Waals surface area contributed by atoms with E-state index >= 15 is 0 Å². The van der Waals surface area contributed by atoms with Crippen LogP contribution in [-0.4, -0.2) is 36.4 Å². The lowest BCUT2D eigenvalue weighted by atomic mass is 10.0. The molecule has 1 atom stereocenters. The summed E-state index contributed by atoms with van der Waals surface area (Å²) in [6.45, 7) is 4.16. The fourth-order valence-corrected chi connectivity index (χ4v) is 6.05. The molecule has 0 aromatic heterocycles. The maximum atomic E-state index is 12.0. The molecule has 0 spiro atoms. The maximum absolute atomic E-state index is 12.0. The summed E-state index contributed by atoms with van der Waals surface area (Å²) in [5, 5.41) is 10.1. The first kappa shape index (κ1) is 51.3. The molecule has 0 saturated heterocycles. The Morgan fingerprint density at radius 3 is 1.09 bits per heavy atom. The number of hydrogen-bond acceptors (Lipinski definition) is 5. The van der Waals surface area contributed by atoms with Crippen molar-refractivity contribution in [2.45, 2.75) is 213 Å². The molecule has 54 heavy (non-hydrogen) atoms. The normalized spacial score (nSPS) is 12.9. The summed E-state index contributed by atoms with van der Waals surface area (Å²) in [6, 6.07) is 0. The van der Waals surface area contributed by atoms with Crippen molar-refractivity contribution in [2.24, 2.45) is 0 Å². The van der Waals surface area contributed by atoms with Gasteiger partial charge < -0.3 is 14.6 Å². The quantitative estimate of drug-likeness (QED) is 0.0383. The summed E-state index contributed by atoms with van der Waals surface area (Å²) in [5.74, 6) is -0.603. The van der Waals surface area contributed by atoms with Crippen LogP contribution in [0.2, 0.25) is 0 Å². The van der Waals surface area contributed by atoms with Gasteiger partial charge in [0.25, 0.3) is 0 Å². The summed E-state index contributed by atoms with van der Waals surface area (Å²) < 4.78 is 10.3. The van der Waals surface area contributed by atoms with Gasteiger partial charge >= 0.3 is 11.9 Å². The zero-order valence-corrected chi connectivity index (χ0v) is 35.2. The van der Waals surface area contributed by atoms with Crippen LogP contribution >= 0.6 is 0 Å². The van der Waals surface area contributed by atoms with E-state index in [-0.39, 0.29) is 25.2 Å². The summed E-state index contributed by atoms with van der Waals surface area (Å²) in [5.41, 5.74) is 0. The first-order valence-corrected chi connectivity index (χ1v) is 22.5. The van der Waals surface area contributed by atoms with Crippen LogP contribution in [-0.2, 0) is 19.1 Å². The second-order valence-corrected chi connectivity index (χ2v) is 14.8. The average molecular weight is 753 g/mol. The molecule has 0 unspecified atom stereocenters. The molecule has 0 amide bonds. The van der Waals surface area contributed by atoms with Gasteiger partial charge in [0.2, 0.25) is 0 Å². The molecule has 0 bridgehead atoms. The van der Waals surface area contributed by atoms with Crippen LogP contribution in [0.1, 0.15) is 206 Å². The molecule has 0 aliphatic rings. The third-order valence-electron chi connectivity index (χ3n) is 9.43. The van der Waals surface area contributed by atoms with Gasteiger partial charge in [0.15, 0.2) is 0 Å². The molecule has 310 valence electrons. The number of aliphatic hydroxyl groups is 1. The SMILES string of the molecule is CC/C=C\C/C=C\C/C=C\C/C=C\C/C=C\CCCCCC(=O)OC[C@H](O)COC(=O)CCCCCCCCCCCCC/C=C\CCCCCCCC. The fourth-order valence-electron chi connectivity index (χ4n) is 6.05. The Balaban J connectivity index is 3.49. The molecule has 0 heterocycles. The molecule has 5 heteroatoms. The van der Waals surface area contributed by atoms with Gasteiger partial charge in [-0.05, 0) is 83.5 Å². The summed E-state index contributed by atoms with van der Waals surface area (Å²) in [6.07, 6.45) is 59.7. The van der Waals surface area contributed by atoms with Crippen molar-refractivity contribution in [1.29, 1.82) is 0 Å². The Bertz CT molecular complexity index is 988. The Morgan fingerprint density at radius 1 is 0.407 bits per heavy atom. The molecule has 0 saturated carbocycles. The monoisotopic (exact) mass is 753 g/mol. The van der Waals surface area contributed by atoms with E-state index in [0.717, 1.165) is 77.0 Å². The number of aliphatic hydroxyl groups excluding tert-OH is 1. The molecular formula is C49H84O5. The van der Waals surface area contributed by atoms with E-state index < -0.39 is 6.10 Å². The van der Waals surface area contributed by atoms with Gasteiger partial charge in [0.1, 0.15) is 19.3 Å². The molecule has 0 fully saturated rings. The van der Waals surface area contributed by atoms with Crippen molar-refractivity contribution in [1.82, 2.24) is 0 Å². The lowest BCUT2D eigenvalue weighted by Gasteiger charge is -2.12. The van der Waals surface area contributed by atoms with E-state index in [2.05, 4.69) is 86.8 Å². The van der Waals surface area contributed by atoms with Gasteiger partial charge in [0, 0.05) is 12.8 Å². The highest BCUT2D eigenvalue weighted by molar-refractivity contribution is 5.69. The largest absolute Gasteiger partial charge is 0.463 e. The van der Waals surface area contributed by atoms with Gasteiger partial charge in [-0.2, -0.15) is 0 Å². The number of carbonyl (C=O) groups excluding carboxylic acids is 2. The highest BCUT2D eigenvalue weighted by atomic mass is 16.6. The van der Waals surface area contributed by atoms with Crippen molar-refractivity contribution in [3.63, 3.8) is 0 Å². The minimum absolute atomic E-state index is 0.130. The molecule has 0 aromatic rings. The molecular weight excluding hydrogens is 669 g/mol.